The number of aliphatic hydroxyl groups is 1. The van der Waals surface area contributed by atoms with E-state index in [0.29, 0.717) is 16.7 Å². The van der Waals surface area contributed by atoms with Gasteiger partial charge in [-0.3, -0.25) is 0 Å². The molecule has 1 aliphatic rings. The molecule has 2 aromatic heterocycles. The number of anilines is 1. The summed E-state index contributed by atoms with van der Waals surface area (Å²) in [5.41, 5.74) is 5.43. The van der Waals surface area contributed by atoms with E-state index < -0.39 is 31.0 Å². The molecular formula is C17H25ClN5O4P. The monoisotopic (exact) mass is 431 g/mol. The third kappa shape index (κ3) is 3.69. The van der Waals surface area contributed by atoms with E-state index in [1.807, 2.05) is 0 Å². The molecule has 1 saturated carbocycles. The van der Waals surface area contributed by atoms with Crippen molar-refractivity contribution in [3.8, 4) is 0 Å². The summed E-state index contributed by atoms with van der Waals surface area (Å²) in [5, 5.41) is 11.5. The highest BCUT2D eigenvalue weighted by Gasteiger charge is 2.56. The van der Waals surface area contributed by atoms with Crippen molar-refractivity contribution in [2.24, 2.45) is 0 Å². The van der Waals surface area contributed by atoms with Gasteiger partial charge in [-0.15, -0.1) is 0 Å². The second-order valence-corrected chi connectivity index (χ2v) is 11.2. The van der Waals surface area contributed by atoms with E-state index in [1.54, 1.807) is 24.8 Å². The number of nitrogens with two attached hydrogens (primary N) is 1. The van der Waals surface area contributed by atoms with Gasteiger partial charge in [0.05, 0.1) is 12.4 Å². The molecule has 9 nitrogen and oxygen atoms in total. The van der Waals surface area contributed by atoms with Crippen LogP contribution in [0.1, 0.15) is 21.2 Å². The van der Waals surface area contributed by atoms with Crippen molar-refractivity contribution in [2.75, 3.05) is 32.0 Å². The molecule has 0 aliphatic heterocycles. The Labute approximate surface area is 169 Å². The van der Waals surface area contributed by atoms with Crippen LogP contribution in [-0.4, -0.2) is 68.7 Å². The van der Waals surface area contributed by atoms with Gasteiger partial charge in [0.2, 0.25) is 5.95 Å². The van der Waals surface area contributed by atoms with E-state index in [1.165, 1.54) is 6.33 Å². The minimum atomic E-state index is -2.48. The summed E-state index contributed by atoms with van der Waals surface area (Å²) in [6.07, 6.45) is -0.0826. The zero-order valence-electron chi connectivity index (χ0n) is 17.0. The Morgan fingerprint density at radius 3 is 2.86 bits per heavy atom. The largest absolute Gasteiger partial charge is 0.385 e. The van der Waals surface area contributed by atoms with Crippen LogP contribution in [0.3, 0.4) is 0 Å². The molecule has 2 aromatic rings. The Balaban J connectivity index is 2.06. The Morgan fingerprint density at radius 2 is 2.21 bits per heavy atom. The molecule has 0 bridgehead atoms. The van der Waals surface area contributed by atoms with Gasteiger partial charge in [0.25, 0.3) is 0 Å². The van der Waals surface area contributed by atoms with Gasteiger partial charge in [-0.2, -0.15) is 9.97 Å². The molecule has 1 fully saturated rings. The summed E-state index contributed by atoms with van der Waals surface area (Å²) in [7, 11) is -2.48. The zero-order valence-corrected chi connectivity index (χ0v) is 17.7. The molecule has 0 radical (unpaired) electrons. The van der Waals surface area contributed by atoms with Gasteiger partial charge < -0.3 is 29.4 Å². The first-order valence-electron chi connectivity index (χ1n) is 9.31. The summed E-state index contributed by atoms with van der Waals surface area (Å²) in [5.74, 6) is -0.0276. The molecule has 28 heavy (non-hydrogen) atoms. The summed E-state index contributed by atoms with van der Waals surface area (Å²) in [6.45, 7) is 9.06. The van der Waals surface area contributed by atoms with Gasteiger partial charge in [-0.1, -0.05) is 18.2 Å². The lowest BCUT2D eigenvalue weighted by Crippen LogP contribution is -2.46. The van der Waals surface area contributed by atoms with Crippen LogP contribution < -0.4 is 5.73 Å². The lowest BCUT2D eigenvalue weighted by molar-refractivity contribution is -0.127. The van der Waals surface area contributed by atoms with Crippen LogP contribution in [0.25, 0.3) is 11.2 Å². The van der Waals surface area contributed by atoms with Crippen LogP contribution in [0.5, 0.6) is 0 Å². The number of halogens is 1. The van der Waals surface area contributed by atoms with Gasteiger partial charge >= 0.3 is 0 Å². The molecule has 154 valence electrons. The molecule has 0 spiro atoms. The highest BCUT2D eigenvalue weighted by Crippen LogP contribution is 2.48. The molecule has 4 atom stereocenters. The highest BCUT2D eigenvalue weighted by atomic mass is 35.5. The number of ether oxygens (including phenoxy) is 2. The fourth-order valence-electron chi connectivity index (χ4n) is 3.57. The number of nitrogens with zero attached hydrogens (tertiary/aromatic N) is 4. The molecule has 0 aromatic carbocycles. The lowest BCUT2D eigenvalue weighted by atomic mass is 9.97. The summed E-state index contributed by atoms with van der Waals surface area (Å²) in [4.78, 5) is 12.4. The molecule has 0 unspecified atom stereocenters. The molecule has 11 heteroatoms. The normalized spacial score (nSPS) is 28.8. The van der Waals surface area contributed by atoms with Crippen molar-refractivity contribution in [2.45, 2.75) is 37.7 Å². The number of rotatable bonds is 6. The van der Waals surface area contributed by atoms with Crippen molar-refractivity contribution < 1.29 is 20.5 Å². The first kappa shape index (κ1) is 19.8. The maximum absolute atomic E-state index is 12.2. The fourth-order valence-corrected chi connectivity index (χ4v) is 4.31. The first-order valence-corrected chi connectivity index (χ1v) is 11.8. The van der Waals surface area contributed by atoms with E-state index in [4.69, 9.17) is 28.2 Å². The second kappa shape index (κ2) is 7.39. The Hall–Kier alpha value is -1.51. The molecule has 0 amide bonds. The van der Waals surface area contributed by atoms with Crippen molar-refractivity contribution in [1.82, 2.24) is 19.5 Å². The number of nitrogen functional groups attached to an aromatic ring is 1. The van der Waals surface area contributed by atoms with Crippen LogP contribution in [-0.2, 0) is 14.0 Å². The Bertz CT molecular complexity index is 978. The van der Waals surface area contributed by atoms with Crippen LogP contribution >= 0.6 is 18.7 Å². The average Bonchev–Trinajstić information content (AvgIpc) is 3.07. The van der Waals surface area contributed by atoms with Gasteiger partial charge in [-0.05, 0) is 32.7 Å². The Morgan fingerprint density at radius 1 is 1.50 bits per heavy atom. The molecular weight excluding hydrogens is 405 g/mol. The minimum Gasteiger partial charge on any atom is -0.385 e. The van der Waals surface area contributed by atoms with Crippen LogP contribution in [0.15, 0.2) is 18.5 Å². The minimum absolute atomic E-state index is 0.00580. The topological polar surface area (TPSA) is 125 Å². The third-order valence-corrected chi connectivity index (χ3v) is 5.69. The quantitative estimate of drug-likeness (QED) is 0.405. The number of fused-ring (bicyclic) bond motifs is 1. The molecule has 3 N–H and O–H groups in total. The molecule has 2 heterocycles. The number of imidazole rings is 1. The zero-order chi connectivity index (χ0) is 21.6. The predicted molar refractivity (Wildman–Crippen MR) is 108 cm³/mol. The number of aromatic nitrogens is 4. The maximum atomic E-state index is 12.2. The molecule has 1 aliphatic carbocycles. The van der Waals surface area contributed by atoms with Gasteiger partial charge in [0.15, 0.2) is 10.8 Å². The van der Waals surface area contributed by atoms with E-state index in [2.05, 4.69) is 21.5 Å². The predicted octanol–water partition coefficient (Wildman–Crippen LogP) is 2.29. The number of hydrogen-bond acceptors (Lipinski definition) is 8. The van der Waals surface area contributed by atoms with Crippen molar-refractivity contribution in [1.29, 1.82) is 0 Å². The van der Waals surface area contributed by atoms with E-state index >= 15 is 0 Å². The number of hydrogen-bond donors (Lipinski definition) is 2. The van der Waals surface area contributed by atoms with Crippen molar-refractivity contribution in [3.63, 3.8) is 0 Å². The third-order valence-electron chi connectivity index (χ3n) is 4.66. The van der Waals surface area contributed by atoms with E-state index in [9.17, 15) is 9.67 Å². The van der Waals surface area contributed by atoms with E-state index in [0.717, 1.165) is 0 Å². The van der Waals surface area contributed by atoms with Gasteiger partial charge in [-0.25, -0.2) is 4.98 Å². The highest BCUT2D eigenvalue weighted by molar-refractivity contribution is 7.62. The van der Waals surface area contributed by atoms with Gasteiger partial charge in [0.1, 0.15) is 36.8 Å². The van der Waals surface area contributed by atoms with Crippen LogP contribution in [0, 0.1) is 0 Å². The fraction of sp³-hybridized carbons (Fsp3) is 0.588. The van der Waals surface area contributed by atoms with Crippen molar-refractivity contribution in [3.05, 3.63) is 23.6 Å². The average molecular weight is 432 g/mol. The molecule has 0 saturated heterocycles. The van der Waals surface area contributed by atoms with Gasteiger partial charge in [0, 0.05) is 7.98 Å². The van der Waals surface area contributed by atoms with Crippen LogP contribution in [0.2, 0.25) is 5.15 Å². The standard InChI is InChI=1S/C17H25ClN5O4P/c1-6-26-13-11(27-8-28(4,5)25)9(2)12(17(13,3)24)23-7-20-10-14(18)21-16(19)22-15(10)23/h7,11-13,24H,2,6,8H2,1,3-5H3,(H2,19,21,22)/t11-,12+,13+,17-/m0/s1/i1T. The lowest BCUT2D eigenvalue weighted by Gasteiger charge is -2.32. The molecule has 3 rings (SSSR count). The second-order valence-electron chi connectivity index (χ2n) is 7.48. The van der Waals surface area contributed by atoms with Crippen LogP contribution in [0.4, 0.5) is 5.95 Å². The first-order chi connectivity index (χ1) is 13.5. The smallest absolute Gasteiger partial charge is 0.223 e. The summed E-state index contributed by atoms with van der Waals surface area (Å²) in [6, 6.07) is -0.730. The summed E-state index contributed by atoms with van der Waals surface area (Å²) >= 11 is 6.12. The Kier molecular flexibility index (Phi) is 5.22. The van der Waals surface area contributed by atoms with E-state index in [-0.39, 0.29) is 31.0 Å². The maximum Gasteiger partial charge on any atom is 0.223 e. The summed E-state index contributed by atoms with van der Waals surface area (Å²) < 4.78 is 32.8. The SMILES string of the molecule is [3H]CCO[C@@H]1[C@@H](OCP(C)(C)=O)C(=C)[C@@H](n2cnc3c(Cl)nc(N)nc32)[C@]1(C)O. The van der Waals surface area contributed by atoms with Crippen molar-refractivity contribution >= 4 is 35.9 Å².